The molecule has 2 amide bonds. The minimum absolute atomic E-state index is 0.0407. The molecule has 0 aromatic heterocycles. The van der Waals surface area contributed by atoms with Crippen LogP contribution in [-0.2, 0) is 9.59 Å². The molecule has 0 saturated heterocycles. The summed E-state index contributed by atoms with van der Waals surface area (Å²) in [7, 11) is 0. The van der Waals surface area contributed by atoms with Gasteiger partial charge < -0.3 is 5.11 Å². The Morgan fingerprint density at radius 3 is 1.91 bits per heavy atom. The topological polar surface area (TPSA) is 85.6 Å². The average molecular weight is 631 g/mol. The maximum absolute atomic E-state index is 14.1. The number of rotatable bonds is 4. The number of nitrogens with zero attached hydrogens (tertiary/aromatic N) is 4. The van der Waals surface area contributed by atoms with Crippen LogP contribution in [0.3, 0.4) is 0 Å². The Morgan fingerprint density at radius 1 is 0.717 bits per heavy atom. The fourth-order valence-corrected chi connectivity index (χ4v) is 5.64. The number of hydrazone groups is 2. The second kappa shape index (κ2) is 13.4. The zero-order valence-electron chi connectivity index (χ0n) is 25.2. The molecule has 2 heterocycles. The fraction of sp³-hybridized carbons (Fsp3) is 0.200. The molecule has 2 aliphatic heterocycles. The third-order valence-corrected chi connectivity index (χ3v) is 7.78. The molecule has 2 aliphatic rings. The monoisotopic (exact) mass is 630 g/mol. The van der Waals surface area contributed by atoms with Gasteiger partial charge in [0.15, 0.2) is 0 Å². The first-order valence-electron chi connectivity index (χ1n) is 14.4. The summed E-state index contributed by atoms with van der Waals surface area (Å²) in [6.45, 7) is 4.63. The van der Waals surface area contributed by atoms with Crippen LogP contribution in [0.4, 0.5) is 17.6 Å². The van der Waals surface area contributed by atoms with E-state index in [1.807, 2.05) is 37.3 Å². The Morgan fingerprint density at radius 2 is 1.30 bits per heavy atom. The van der Waals surface area contributed by atoms with Gasteiger partial charge in [-0.15, -0.1) is 0 Å². The highest BCUT2D eigenvalue weighted by Gasteiger charge is 2.39. The molecule has 0 saturated carbocycles. The lowest BCUT2D eigenvalue weighted by Crippen LogP contribution is -2.28. The van der Waals surface area contributed by atoms with Gasteiger partial charge in [-0.1, -0.05) is 49.4 Å². The van der Waals surface area contributed by atoms with Crippen molar-refractivity contribution in [1.82, 2.24) is 10.0 Å². The SMILES string of the molecule is CC(=O)N1N=C(c2cc(F)ccc2F)C(C)C1c1ccccc1.CC(=O)N1N=C(c2cc(F)ccc2F)CC1c1cccc(O)c1. The average Bonchev–Trinajstić information content (AvgIpc) is 3.63. The fourth-order valence-electron chi connectivity index (χ4n) is 5.64. The molecule has 236 valence electrons. The summed E-state index contributed by atoms with van der Waals surface area (Å²) in [6.07, 6.45) is 0.239. The summed E-state index contributed by atoms with van der Waals surface area (Å²) in [5.41, 5.74) is 2.40. The van der Waals surface area contributed by atoms with E-state index in [-0.39, 0.29) is 47.1 Å². The molecule has 0 spiro atoms. The van der Waals surface area contributed by atoms with Crippen LogP contribution in [0.25, 0.3) is 0 Å². The molecule has 0 bridgehead atoms. The van der Waals surface area contributed by atoms with Gasteiger partial charge in [-0.25, -0.2) is 27.6 Å². The van der Waals surface area contributed by atoms with Crippen molar-refractivity contribution >= 4 is 23.2 Å². The van der Waals surface area contributed by atoms with E-state index in [0.717, 1.165) is 42.0 Å². The van der Waals surface area contributed by atoms with E-state index >= 15 is 0 Å². The Balaban J connectivity index is 0.000000181. The lowest BCUT2D eigenvalue weighted by atomic mass is 9.88. The van der Waals surface area contributed by atoms with E-state index < -0.39 is 29.3 Å². The maximum Gasteiger partial charge on any atom is 0.240 e. The quantitative estimate of drug-likeness (QED) is 0.241. The molecule has 1 N–H and O–H groups in total. The van der Waals surface area contributed by atoms with Gasteiger partial charge in [-0.3, -0.25) is 9.59 Å². The maximum atomic E-state index is 14.1. The van der Waals surface area contributed by atoms with E-state index in [1.165, 1.54) is 36.0 Å². The number of hydrogen-bond acceptors (Lipinski definition) is 5. The third kappa shape index (κ3) is 6.68. The molecule has 0 radical (unpaired) electrons. The number of amides is 2. The highest BCUT2D eigenvalue weighted by Crippen LogP contribution is 2.38. The van der Waals surface area contributed by atoms with Gasteiger partial charge in [-0.2, -0.15) is 10.2 Å². The molecule has 11 heteroatoms. The highest BCUT2D eigenvalue weighted by atomic mass is 19.1. The minimum atomic E-state index is -0.592. The number of carbonyl (C=O) groups excluding carboxylic acids is 2. The predicted molar refractivity (Wildman–Crippen MR) is 165 cm³/mol. The first-order chi connectivity index (χ1) is 21.9. The molecule has 4 aromatic rings. The molecule has 3 atom stereocenters. The van der Waals surface area contributed by atoms with Crippen molar-refractivity contribution in [2.24, 2.45) is 16.1 Å². The zero-order chi connectivity index (χ0) is 33.1. The zero-order valence-corrected chi connectivity index (χ0v) is 25.2. The van der Waals surface area contributed by atoms with Gasteiger partial charge in [-0.05, 0) is 59.7 Å². The van der Waals surface area contributed by atoms with Gasteiger partial charge in [0.25, 0.3) is 0 Å². The van der Waals surface area contributed by atoms with Crippen LogP contribution in [0.5, 0.6) is 5.75 Å². The lowest BCUT2D eigenvalue weighted by Gasteiger charge is -2.24. The number of phenolic OH excluding ortho intramolecular Hbond substituents is 1. The van der Waals surface area contributed by atoms with Gasteiger partial charge >= 0.3 is 0 Å². The van der Waals surface area contributed by atoms with Crippen molar-refractivity contribution in [3.05, 3.63) is 137 Å². The van der Waals surface area contributed by atoms with Crippen molar-refractivity contribution in [2.75, 3.05) is 0 Å². The molecule has 3 unspecified atom stereocenters. The smallest absolute Gasteiger partial charge is 0.240 e. The molecule has 0 aliphatic carbocycles. The van der Waals surface area contributed by atoms with Crippen LogP contribution in [0.1, 0.15) is 61.5 Å². The normalized spacial score (nSPS) is 18.9. The number of aromatic hydroxyl groups is 1. The Bertz CT molecular complexity index is 1850. The van der Waals surface area contributed by atoms with Crippen LogP contribution in [0, 0.1) is 29.2 Å². The Labute approximate surface area is 263 Å². The van der Waals surface area contributed by atoms with Gasteiger partial charge in [0.05, 0.1) is 23.5 Å². The van der Waals surface area contributed by atoms with Crippen molar-refractivity contribution in [2.45, 2.75) is 39.3 Å². The van der Waals surface area contributed by atoms with Crippen molar-refractivity contribution in [3.63, 3.8) is 0 Å². The van der Waals surface area contributed by atoms with Gasteiger partial charge in [0.2, 0.25) is 11.8 Å². The van der Waals surface area contributed by atoms with E-state index in [0.29, 0.717) is 17.0 Å². The Hall–Kier alpha value is -5.32. The first-order valence-corrected chi connectivity index (χ1v) is 14.4. The molecule has 0 fully saturated rings. The van der Waals surface area contributed by atoms with Crippen LogP contribution >= 0.6 is 0 Å². The van der Waals surface area contributed by atoms with E-state index in [4.69, 9.17) is 0 Å². The number of halogens is 4. The summed E-state index contributed by atoms with van der Waals surface area (Å²) in [5.74, 6) is -2.98. The summed E-state index contributed by atoms with van der Waals surface area (Å²) in [4.78, 5) is 23.8. The second-order valence-electron chi connectivity index (χ2n) is 11.0. The summed E-state index contributed by atoms with van der Waals surface area (Å²) in [6, 6.07) is 21.5. The van der Waals surface area contributed by atoms with E-state index in [2.05, 4.69) is 10.2 Å². The number of phenols is 1. The summed E-state index contributed by atoms with van der Waals surface area (Å²) in [5, 5.41) is 20.6. The number of carbonyl (C=O) groups is 2. The van der Waals surface area contributed by atoms with E-state index in [9.17, 15) is 32.3 Å². The van der Waals surface area contributed by atoms with Crippen LogP contribution < -0.4 is 0 Å². The molecule has 6 rings (SSSR count). The summed E-state index contributed by atoms with van der Waals surface area (Å²) >= 11 is 0. The molecular weight excluding hydrogens is 600 g/mol. The van der Waals surface area contributed by atoms with Crippen molar-refractivity contribution in [3.8, 4) is 5.75 Å². The standard InChI is InChI=1S/C18H16F2N2O.C17H14F2N2O2/c1-11-17(15-10-14(19)8-9-16(15)20)21-22(12(2)23)18(11)13-6-4-3-5-7-13;1-10(22)21-17(11-3-2-4-13(23)7-11)9-16(20-21)14-8-12(18)5-6-15(14)19/h3-11,18H,1-2H3;2-8,17,23H,9H2,1H3. The van der Waals surface area contributed by atoms with E-state index in [1.54, 1.807) is 12.1 Å². The second-order valence-corrected chi connectivity index (χ2v) is 11.0. The molecule has 4 aromatic carbocycles. The number of benzene rings is 4. The van der Waals surface area contributed by atoms with Crippen molar-refractivity contribution < 1.29 is 32.3 Å². The number of hydrogen-bond donors (Lipinski definition) is 1. The Kier molecular flexibility index (Phi) is 9.31. The van der Waals surface area contributed by atoms with Crippen LogP contribution in [0.2, 0.25) is 0 Å². The minimum Gasteiger partial charge on any atom is -0.508 e. The first kappa shape index (κ1) is 32.1. The molecule has 46 heavy (non-hydrogen) atoms. The highest BCUT2D eigenvalue weighted by molar-refractivity contribution is 6.05. The summed E-state index contributed by atoms with van der Waals surface area (Å²) < 4.78 is 54.9. The van der Waals surface area contributed by atoms with Gasteiger partial charge in [0, 0.05) is 37.3 Å². The largest absolute Gasteiger partial charge is 0.508 e. The third-order valence-electron chi connectivity index (χ3n) is 7.78. The molecular formula is C35H30F4N4O3. The predicted octanol–water partition coefficient (Wildman–Crippen LogP) is 7.28. The lowest BCUT2D eigenvalue weighted by molar-refractivity contribution is -0.131. The van der Waals surface area contributed by atoms with Gasteiger partial charge in [0.1, 0.15) is 29.0 Å². The van der Waals surface area contributed by atoms with Crippen LogP contribution in [-0.4, -0.2) is 38.4 Å². The molecule has 7 nitrogen and oxygen atoms in total. The van der Waals surface area contributed by atoms with Crippen molar-refractivity contribution in [1.29, 1.82) is 0 Å². The van der Waals surface area contributed by atoms with Crippen LogP contribution in [0.15, 0.2) is 101 Å².